The van der Waals surface area contributed by atoms with Gasteiger partial charge in [0.25, 0.3) is 0 Å². The van der Waals surface area contributed by atoms with Crippen molar-refractivity contribution in [2.24, 2.45) is 0 Å². The normalized spacial score (nSPS) is 10.6. The molecule has 0 aliphatic heterocycles. The van der Waals surface area contributed by atoms with E-state index in [-0.39, 0.29) is 5.91 Å². The van der Waals surface area contributed by atoms with Crippen LogP contribution >= 0.6 is 23.2 Å². The van der Waals surface area contributed by atoms with Crippen LogP contribution in [-0.2, 0) is 4.79 Å². The summed E-state index contributed by atoms with van der Waals surface area (Å²) in [5, 5.41) is 4.01. The van der Waals surface area contributed by atoms with Gasteiger partial charge in [-0.05, 0) is 48.0 Å². The van der Waals surface area contributed by atoms with Gasteiger partial charge in [-0.1, -0.05) is 35.3 Å². The molecule has 0 heterocycles. The molecule has 0 fully saturated rings. The second-order valence-corrected chi connectivity index (χ2v) is 4.76. The lowest BCUT2D eigenvalue weighted by Gasteiger charge is -2.01. The Labute approximate surface area is 121 Å². The summed E-state index contributed by atoms with van der Waals surface area (Å²) < 4.78 is 0. The molecule has 0 spiro atoms. The van der Waals surface area contributed by atoms with Gasteiger partial charge in [-0.25, -0.2) is 0 Å². The molecule has 2 nitrogen and oxygen atoms in total. The molecule has 19 heavy (non-hydrogen) atoms. The van der Waals surface area contributed by atoms with Gasteiger partial charge in [0.15, 0.2) is 0 Å². The van der Waals surface area contributed by atoms with Crippen LogP contribution in [0, 0.1) is 0 Å². The number of benzene rings is 2. The van der Waals surface area contributed by atoms with E-state index in [1.807, 2.05) is 12.1 Å². The van der Waals surface area contributed by atoms with Crippen molar-refractivity contribution in [1.82, 2.24) is 0 Å². The van der Waals surface area contributed by atoms with E-state index in [0.717, 1.165) is 5.56 Å². The number of hydrogen-bond acceptors (Lipinski definition) is 1. The van der Waals surface area contributed by atoms with Gasteiger partial charge in [0.05, 0.1) is 0 Å². The quantitative estimate of drug-likeness (QED) is 0.820. The zero-order chi connectivity index (χ0) is 13.7. The average Bonchev–Trinajstić information content (AvgIpc) is 2.39. The highest BCUT2D eigenvalue weighted by molar-refractivity contribution is 6.31. The van der Waals surface area contributed by atoms with E-state index < -0.39 is 0 Å². The standard InChI is InChI=1S/C15H11Cl2NO/c16-12-5-7-14(8-6-12)18-15(19)9-4-11-2-1-3-13(17)10-11/h1-10H,(H,18,19)/b9-4+. The Morgan fingerprint density at radius 1 is 1.00 bits per heavy atom. The fraction of sp³-hybridized carbons (Fsp3) is 0. The van der Waals surface area contributed by atoms with Crippen molar-refractivity contribution < 1.29 is 4.79 Å². The predicted molar refractivity (Wildman–Crippen MR) is 80.6 cm³/mol. The van der Waals surface area contributed by atoms with Crippen molar-refractivity contribution in [3.63, 3.8) is 0 Å². The van der Waals surface area contributed by atoms with Crippen LogP contribution in [0.25, 0.3) is 6.08 Å². The lowest BCUT2D eigenvalue weighted by molar-refractivity contribution is -0.111. The molecule has 96 valence electrons. The van der Waals surface area contributed by atoms with Crippen LogP contribution in [-0.4, -0.2) is 5.91 Å². The van der Waals surface area contributed by atoms with E-state index in [2.05, 4.69) is 5.32 Å². The highest BCUT2D eigenvalue weighted by atomic mass is 35.5. The molecule has 0 bridgehead atoms. The molecule has 0 unspecified atom stereocenters. The molecule has 0 radical (unpaired) electrons. The van der Waals surface area contributed by atoms with Crippen LogP contribution in [0.15, 0.2) is 54.6 Å². The molecule has 0 atom stereocenters. The summed E-state index contributed by atoms with van der Waals surface area (Å²) >= 11 is 11.6. The second kappa shape index (κ2) is 6.41. The van der Waals surface area contributed by atoms with Crippen LogP contribution in [0.2, 0.25) is 10.0 Å². The van der Waals surface area contributed by atoms with Crippen molar-refractivity contribution in [3.8, 4) is 0 Å². The average molecular weight is 292 g/mol. The minimum absolute atomic E-state index is 0.206. The highest BCUT2D eigenvalue weighted by Gasteiger charge is 1.97. The Hall–Kier alpha value is -1.77. The summed E-state index contributed by atoms with van der Waals surface area (Å²) in [4.78, 5) is 11.7. The molecule has 4 heteroatoms. The topological polar surface area (TPSA) is 29.1 Å². The van der Waals surface area contributed by atoms with E-state index >= 15 is 0 Å². The Balaban J connectivity index is 1.99. The van der Waals surface area contributed by atoms with Crippen LogP contribution in [0.3, 0.4) is 0 Å². The molecule has 0 aliphatic carbocycles. The molecule has 0 aromatic heterocycles. The number of carbonyl (C=O) groups is 1. The number of carbonyl (C=O) groups excluding carboxylic acids is 1. The van der Waals surface area contributed by atoms with Gasteiger partial charge in [-0.2, -0.15) is 0 Å². The van der Waals surface area contributed by atoms with E-state index in [1.165, 1.54) is 6.08 Å². The monoisotopic (exact) mass is 291 g/mol. The first-order valence-electron chi connectivity index (χ1n) is 5.64. The minimum Gasteiger partial charge on any atom is -0.323 e. The molecule has 2 aromatic rings. The summed E-state index contributed by atoms with van der Waals surface area (Å²) in [6, 6.07) is 14.2. The first-order chi connectivity index (χ1) is 9.13. The molecule has 0 saturated carbocycles. The minimum atomic E-state index is -0.206. The third kappa shape index (κ3) is 4.43. The predicted octanol–water partition coefficient (Wildman–Crippen LogP) is 4.65. The molecular weight excluding hydrogens is 281 g/mol. The smallest absolute Gasteiger partial charge is 0.248 e. The Bertz CT molecular complexity index is 606. The first-order valence-corrected chi connectivity index (χ1v) is 6.39. The molecule has 1 amide bonds. The van der Waals surface area contributed by atoms with Gasteiger partial charge in [-0.15, -0.1) is 0 Å². The molecule has 1 N–H and O–H groups in total. The number of amides is 1. The number of halogens is 2. The zero-order valence-electron chi connectivity index (χ0n) is 9.94. The van der Waals surface area contributed by atoms with Gasteiger partial charge in [-0.3, -0.25) is 4.79 Å². The summed E-state index contributed by atoms with van der Waals surface area (Å²) in [6.45, 7) is 0. The summed E-state index contributed by atoms with van der Waals surface area (Å²) in [5.41, 5.74) is 1.57. The van der Waals surface area contributed by atoms with Crippen molar-refractivity contribution in [2.45, 2.75) is 0 Å². The van der Waals surface area contributed by atoms with Crippen LogP contribution in [0.4, 0.5) is 5.69 Å². The maximum absolute atomic E-state index is 11.7. The van der Waals surface area contributed by atoms with Crippen molar-refractivity contribution in [1.29, 1.82) is 0 Å². The molecule has 2 rings (SSSR count). The van der Waals surface area contributed by atoms with Gasteiger partial charge in [0, 0.05) is 21.8 Å². The van der Waals surface area contributed by atoms with E-state index in [0.29, 0.717) is 15.7 Å². The fourth-order valence-corrected chi connectivity index (χ4v) is 1.82. The maximum atomic E-state index is 11.7. The number of rotatable bonds is 3. The zero-order valence-corrected chi connectivity index (χ0v) is 11.4. The Morgan fingerprint density at radius 2 is 1.74 bits per heavy atom. The fourth-order valence-electron chi connectivity index (χ4n) is 1.50. The van der Waals surface area contributed by atoms with Crippen molar-refractivity contribution >= 4 is 40.9 Å². The summed E-state index contributed by atoms with van der Waals surface area (Å²) in [5.74, 6) is -0.206. The Morgan fingerprint density at radius 3 is 2.42 bits per heavy atom. The first kappa shape index (κ1) is 13.7. The molecule has 2 aromatic carbocycles. The van der Waals surface area contributed by atoms with Crippen LogP contribution in [0.1, 0.15) is 5.56 Å². The van der Waals surface area contributed by atoms with Gasteiger partial charge < -0.3 is 5.32 Å². The number of anilines is 1. The van der Waals surface area contributed by atoms with Crippen molar-refractivity contribution in [3.05, 3.63) is 70.2 Å². The second-order valence-electron chi connectivity index (χ2n) is 3.88. The molecular formula is C15H11Cl2NO. The third-order valence-corrected chi connectivity index (χ3v) is 2.87. The number of nitrogens with one attached hydrogen (secondary N) is 1. The van der Waals surface area contributed by atoms with Gasteiger partial charge >= 0.3 is 0 Å². The summed E-state index contributed by atoms with van der Waals surface area (Å²) in [7, 11) is 0. The van der Waals surface area contributed by atoms with Gasteiger partial charge in [0.2, 0.25) is 5.91 Å². The largest absolute Gasteiger partial charge is 0.323 e. The van der Waals surface area contributed by atoms with Crippen LogP contribution < -0.4 is 5.32 Å². The highest BCUT2D eigenvalue weighted by Crippen LogP contribution is 2.14. The Kier molecular flexibility index (Phi) is 4.61. The van der Waals surface area contributed by atoms with E-state index in [4.69, 9.17) is 23.2 Å². The summed E-state index contributed by atoms with van der Waals surface area (Å²) in [6.07, 6.45) is 3.16. The van der Waals surface area contributed by atoms with Crippen LogP contribution in [0.5, 0.6) is 0 Å². The molecule has 0 saturated heterocycles. The van der Waals surface area contributed by atoms with Gasteiger partial charge in [0.1, 0.15) is 0 Å². The maximum Gasteiger partial charge on any atom is 0.248 e. The molecule has 0 aliphatic rings. The van der Waals surface area contributed by atoms with Crippen molar-refractivity contribution in [2.75, 3.05) is 5.32 Å². The number of hydrogen-bond donors (Lipinski definition) is 1. The lowest BCUT2D eigenvalue weighted by atomic mass is 10.2. The van der Waals surface area contributed by atoms with E-state index in [1.54, 1.807) is 42.5 Å². The van der Waals surface area contributed by atoms with E-state index in [9.17, 15) is 4.79 Å². The lowest BCUT2D eigenvalue weighted by Crippen LogP contribution is -2.07. The third-order valence-electron chi connectivity index (χ3n) is 2.39. The SMILES string of the molecule is O=C(/C=C/c1cccc(Cl)c1)Nc1ccc(Cl)cc1.